The zero-order valence-corrected chi connectivity index (χ0v) is 14.9. The molecular formula is C21H24N4O. The summed E-state index contributed by atoms with van der Waals surface area (Å²) < 4.78 is 0. The monoisotopic (exact) mass is 348 g/mol. The number of amides is 1. The fourth-order valence-electron chi connectivity index (χ4n) is 4.19. The van der Waals surface area contributed by atoms with Crippen LogP contribution in [0, 0.1) is 11.3 Å². The van der Waals surface area contributed by atoms with Gasteiger partial charge in [-0.05, 0) is 43.7 Å². The SMILES string of the molecule is N#CC1(NC(=O)CN2CC=C(c3c[nH]c4ccccc34)CC2)CCCC1. The van der Waals surface area contributed by atoms with E-state index in [-0.39, 0.29) is 5.91 Å². The van der Waals surface area contributed by atoms with Gasteiger partial charge in [-0.3, -0.25) is 9.69 Å². The van der Waals surface area contributed by atoms with Gasteiger partial charge in [-0.1, -0.05) is 24.3 Å². The second kappa shape index (κ2) is 6.97. The first-order valence-electron chi connectivity index (χ1n) is 9.39. The first-order chi connectivity index (χ1) is 12.7. The number of hydrogen-bond donors (Lipinski definition) is 2. The highest BCUT2D eigenvalue weighted by Crippen LogP contribution is 2.30. The van der Waals surface area contributed by atoms with Gasteiger partial charge in [0.1, 0.15) is 5.54 Å². The molecule has 134 valence electrons. The highest BCUT2D eigenvalue weighted by atomic mass is 16.2. The van der Waals surface area contributed by atoms with E-state index in [9.17, 15) is 10.1 Å². The molecule has 0 unspecified atom stereocenters. The third kappa shape index (κ3) is 3.25. The van der Waals surface area contributed by atoms with E-state index in [0.717, 1.165) is 50.7 Å². The summed E-state index contributed by atoms with van der Waals surface area (Å²) in [7, 11) is 0. The average molecular weight is 348 g/mol. The van der Waals surface area contributed by atoms with E-state index >= 15 is 0 Å². The number of fused-ring (bicyclic) bond motifs is 1. The molecule has 0 spiro atoms. The summed E-state index contributed by atoms with van der Waals surface area (Å²) in [5.41, 5.74) is 3.13. The summed E-state index contributed by atoms with van der Waals surface area (Å²) in [6, 6.07) is 10.7. The summed E-state index contributed by atoms with van der Waals surface area (Å²) in [5, 5.41) is 13.6. The summed E-state index contributed by atoms with van der Waals surface area (Å²) in [6.45, 7) is 1.99. The number of para-hydroxylation sites is 1. The normalized spacial score (nSPS) is 19.9. The van der Waals surface area contributed by atoms with Crippen molar-refractivity contribution in [3.63, 3.8) is 0 Å². The summed E-state index contributed by atoms with van der Waals surface area (Å²) in [6.07, 6.45) is 8.83. The predicted octanol–water partition coefficient (Wildman–Crippen LogP) is 3.21. The Hall–Kier alpha value is -2.58. The van der Waals surface area contributed by atoms with Gasteiger partial charge >= 0.3 is 0 Å². The molecule has 1 saturated carbocycles. The lowest BCUT2D eigenvalue weighted by molar-refractivity contribution is -0.123. The zero-order valence-electron chi connectivity index (χ0n) is 14.9. The number of nitrogens with zero attached hydrogens (tertiary/aromatic N) is 2. The van der Waals surface area contributed by atoms with Crippen molar-refractivity contribution < 1.29 is 4.79 Å². The van der Waals surface area contributed by atoms with Crippen molar-refractivity contribution >= 4 is 22.4 Å². The summed E-state index contributed by atoms with van der Waals surface area (Å²) >= 11 is 0. The summed E-state index contributed by atoms with van der Waals surface area (Å²) in [4.78, 5) is 17.9. The Labute approximate surface area is 153 Å². The van der Waals surface area contributed by atoms with Crippen molar-refractivity contribution in [3.8, 4) is 6.07 Å². The van der Waals surface area contributed by atoms with Crippen LogP contribution in [0.25, 0.3) is 16.5 Å². The Balaban J connectivity index is 1.38. The molecule has 26 heavy (non-hydrogen) atoms. The van der Waals surface area contributed by atoms with Gasteiger partial charge in [0, 0.05) is 35.8 Å². The lowest BCUT2D eigenvalue weighted by atomic mass is 9.98. The Morgan fingerprint density at radius 2 is 2.12 bits per heavy atom. The maximum absolute atomic E-state index is 12.4. The number of hydrogen-bond acceptors (Lipinski definition) is 3. The maximum atomic E-state index is 12.4. The number of benzene rings is 1. The highest BCUT2D eigenvalue weighted by molar-refractivity contribution is 5.92. The van der Waals surface area contributed by atoms with Crippen LogP contribution in [-0.2, 0) is 4.79 Å². The Morgan fingerprint density at radius 3 is 2.85 bits per heavy atom. The number of H-pyrrole nitrogens is 1. The molecule has 0 saturated heterocycles. The van der Waals surface area contributed by atoms with Crippen LogP contribution in [0.5, 0.6) is 0 Å². The van der Waals surface area contributed by atoms with Crippen molar-refractivity contribution in [2.75, 3.05) is 19.6 Å². The molecule has 1 fully saturated rings. The van der Waals surface area contributed by atoms with Crippen LogP contribution in [0.1, 0.15) is 37.7 Å². The van der Waals surface area contributed by atoms with Gasteiger partial charge in [0.2, 0.25) is 5.91 Å². The van der Waals surface area contributed by atoms with Crippen LogP contribution in [0.4, 0.5) is 0 Å². The van der Waals surface area contributed by atoms with Crippen molar-refractivity contribution in [1.29, 1.82) is 5.26 Å². The molecular weight excluding hydrogens is 324 g/mol. The van der Waals surface area contributed by atoms with E-state index in [1.54, 1.807) is 0 Å². The van der Waals surface area contributed by atoms with Gasteiger partial charge in [-0.2, -0.15) is 5.26 Å². The first-order valence-corrected chi connectivity index (χ1v) is 9.39. The fraction of sp³-hybridized carbons (Fsp3) is 0.429. The highest BCUT2D eigenvalue weighted by Gasteiger charge is 2.35. The summed E-state index contributed by atoms with van der Waals surface area (Å²) in [5.74, 6) is -0.0302. The van der Waals surface area contributed by atoms with E-state index in [1.165, 1.54) is 16.5 Å². The molecule has 2 aliphatic rings. The van der Waals surface area contributed by atoms with E-state index in [4.69, 9.17) is 0 Å². The van der Waals surface area contributed by atoms with Gasteiger partial charge < -0.3 is 10.3 Å². The molecule has 0 atom stereocenters. The standard InChI is InChI=1S/C21H24N4O/c22-15-21(9-3-4-10-21)24-20(26)14-25-11-7-16(8-12-25)18-13-23-19-6-2-1-5-17(18)19/h1-2,5-7,13,23H,3-4,8-12,14H2,(H,24,26). The molecule has 2 aromatic rings. The molecule has 4 rings (SSSR count). The number of carbonyl (C=O) groups is 1. The van der Waals surface area contributed by atoms with Gasteiger partial charge in [-0.15, -0.1) is 0 Å². The van der Waals surface area contributed by atoms with Crippen molar-refractivity contribution in [1.82, 2.24) is 15.2 Å². The first kappa shape index (κ1) is 16.9. The molecule has 0 radical (unpaired) electrons. The molecule has 5 nitrogen and oxygen atoms in total. The number of aromatic nitrogens is 1. The van der Waals surface area contributed by atoms with Crippen molar-refractivity contribution in [3.05, 3.63) is 42.1 Å². The minimum absolute atomic E-state index is 0.0302. The molecule has 5 heteroatoms. The minimum Gasteiger partial charge on any atom is -0.361 e. The van der Waals surface area contributed by atoms with Crippen LogP contribution in [0.2, 0.25) is 0 Å². The quantitative estimate of drug-likeness (QED) is 0.891. The van der Waals surface area contributed by atoms with Crippen LogP contribution in [0.15, 0.2) is 36.5 Å². The molecule has 0 bridgehead atoms. The molecule has 1 aliphatic heterocycles. The lowest BCUT2D eigenvalue weighted by Crippen LogP contribution is -2.49. The fourth-order valence-corrected chi connectivity index (χ4v) is 4.19. The molecule has 2 heterocycles. The zero-order chi connectivity index (χ0) is 18.0. The van der Waals surface area contributed by atoms with Gasteiger partial charge in [0.25, 0.3) is 0 Å². The van der Waals surface area contributed by atoms with Gasteiger partial charge in [-0.25, -0.2) is 0 Å². The smallest absolute Gasteiger partial charge is 0.235 e. The van der Waals surface area contributed by atoms with E-state index in [2.05, 4.69) is 51.7 Å². The van der Waals surface area contributed by atoms with Crippen LogP contribution >= 0.6 is 0 Å². The largest absolute Gasteiger partial charge is 0.361 e. The van der Waals surface area contributed by atoms with E-state index in [1.807, 2.05) is 6.07 Å². The van der Waals surface area contributed by atoms with E-state index in [0.29, 0.717) is 6.54 Å². The van der Waals surface area contributed by atoms with Crippen molar-refractivity contribution in [2.24, 2.45) is 0 Å². The second-order valence-corrected chi connectivity index (χ2v) is 7.41. The number of nitriles is 1. The van der Waals surface area contributed by atoms with Crippen molar-refractivity contribution in [2.45, 2.75) is 37.6 Å². The number of carbonyl (C=O) groups excluding carboxylic acids is 1. The minimum atomic E-state index is -0.627. The second-order valence-electron chi connectivity index (χ2n) is 7.41. The maximum Gasteiger partial charge on any atom is 0.235 e. The number of nitrogens with one attached hydrogen (secondary N) is 2. The number of aromatic amines is 1. The van der Waals surface area contributed by atoms with Crippen LogP contribution < -0.4 is 5.32 Å². The van der Waals surface area contributed by atoms with Gasteiger partial charge in [0.05, 0.1) is 12.6 Å². The van der Waals surface area contributed by atoms with E-state index < -0.39 is 5.54 Å². The molecule has 1 aliphatic carbocycles. The average Bonchev–Trinajstić information content (AvgIpc) is 3.30. The third-order valence-corrected chi connectivity index (χ3v) is 5.65. The third-order valence-electron chi connectivity index (χ3n) is 5.65. The number of rotatable bonds is 4. The molecule has 1 aromatic carbocycles. The molecule has 1 aromatic heterocycles. The molecule has 1 amide bonds. The Kier molecular flexibility index (Phi) is 4.52. The molecule has 2 N–H and O–H groups in total. The van der Waals surface area contributed by atoms with Crippen LogP contribution in [-0.4, -0.2) is 41.0 Å². The lowest BCUT2D eigenvalue weighted by Gasteiger charge is -2.28. The predicted molar refractivity (Wildman–Crippen MR) is 102 cm³/mol. The Bertz CT molecular complexity index is 883. The topological polar surface area (TPSA) is 71.9 Å². The van der Waals surface area contributed by atoms with Crippen LogP contribution in [0.3, 0.4) is 0 Å². The Morgan fingerprint density at radius 1 is 1.31 bits per heavy atom. The van der Waals surface area contributed by atoms with Gasteiger partial charge in [0.15, 0.2) is 0 Å².